The van der Waals surface area contributed by atoms with Crippen molar-refractivity contribution in [2.45, 2.75) is 52.4 Å². The van der Waals surface area contributed by atoms with E-state index in [0.29, 0.717) is 28.7 Å². The number of hydrazone groups is 1. The lowest BCUT2D eigenvalue weighted by Gasteiger charge is -2.08. The van der Waals surface area contributed by atoms with E-state index in [1.165, 1.54) is 37.0 Å². The standard InChI is InChI=1S/C20H28N4O2S/c1-3-5-6-7-10-13-26-17-12-9-8-11-15(17)14-22-24-19(25)18-16(4-2)23-20(21)27-18/h8-9,11-12,14H,3-7,10,13H2,1-2H3,(H2,21,23)(H,24,25)/b22-14-. The van der Waals surface area contributed by atoms with Crippen molar-refractivity contribution in [1.82, 2.24) is 10.4 Å². The number of carbonyl (C=O) groups excluding carboxylic acids is 1. The first-order valence-corrected chi connectivity index (χ1v) is 10.3. The van der Waals surface area contributed by atoms with Crippen LogP contribution in [0.2, 0.25) is 0 Å². The summed E-state index contributed by atoms with van der Waals surface area (Å²) >= 11 is 1.17. The highest BCUT2D eigenvalue weighted by Crippen LogP contribution is 2.21. The van der Waals surface area contributed by atoms with Gasteiger partial charge in [0.15, 0.2) is 5.13 Å². The number of rotatable bonds is 11. The lowest BCUT2D eigenvalue weighted by molar-refractivity contribution is 0.0958. The zero-order valence-electron chi connectivity index (χ0n) is 16.0. The average molecular weight is 389 g/mol. The van der Waals surface area contributed by atoms with Gasteiger partial charge in [-0.3, -0.25) is 4.79 Å². The molecule has 0 spiro atoms. The van der Waals surface area contributed by atoms with Crippen LogP contribution in [0.25, 0.3) is 0 Å². The van der Waals surface area contributed by atoms with Crippen molar-refractivity contribution in [3.8, 4) is 5.75 Å². The van der Waals surface area contributed by atoms with Crippen molar-refractivity contribution in [3.63, 3.8) is 0 Å². The number of ether oxygens (including phenoxy) is 1. The molecule has 0 saturated heterocycles. The summed E-state index contributed by atoms with van der Waals surface area (Å²) in [4.78, 5) is 16.9. The number of para-hydroxylation sites is 1. The summed E-state index contributed by atoms with van der Waals surface area (Å²) in [6.45, 7) is 4.82. The number of nitrogen functional groups attached to an aromatic ring is 1. The van der Waals surface area contributed by atoms with Gasteiger partial charge in [0.1, 0.15) is 10.6 Å². The van der Waals surface area contributed by atoms with Gasteiger partial charge >= 0.3 is 0 Å². The van der Waals surface area contributed by atoms with Crippen molar-refractivity contribution in [2.24, 2.45) is 5.10 Å². The number of aryl methyl sites for hydroxylation is 1. The lowest BCUT2D eigenvalue weighted by Crippen LogP contribution is -2.18. The van der Waals surface area contributed by atoms with E-state index in [9.17, 15) is 4.79 Å². The smallest absolute Gasteiger partial charge is 0.283 e. The Labute approximate surface area is 164 Å². The van der Waals surface area contributed by atoms with Crippen LogP contribution < -0.4 is 15.9 Å². The van der Waals surface area contributed by atoms with Gasteiger partial charge in [0, 0.05) is 5.56 Å². The second-order valence-electron chi connectivity index (χ2n) is 6.18. The van der Waals surface area contributed by atoms with Gasteiger partial charge in [-0.2, -0.15) is 5.10 Å². The van der Waals surface area contributed by atoms with Crippen LogP contribution in [0.3, 0.4) is 0 Å². The molecular weight excluding hydrogens is 360 g/mol. The molecule has 0 aliphatic rings. The van der Waals surface area contributed by atoms with E-state index < -0.39 is 0 Å². The van der Waals surface area contributed by atoms with Gasteiger partial charge in [0.05, 0.1) is 18.5 Å². The molecule has 1 aromatic heterocycles. The van der Waals surface area contributed by atoms with Crippen LogP contribution >= 0.6 is 11.3 Å². The quantitative estimate of drug-likeness (QED) is 0.339. The zero-order chi connectivity index (χ0) is 19.5. The molecule has 2 rings (SSSR count). The van der Waals surface area contributed by atoms with E-state index in [0.717, 1.165) is 17.7 Å². The third-order valence-corrected chi connectivity index (χ3v) is 4.97. The van der Waals surface area contributed by atoms with Crippen LogP contribution in [-0.2, 0) is 6.42 Å². The Morgan fingerprint density at radius 1 is 1.26 bits per heavy atom. The van der Waals surface area contributed by atoms with E-state index in [4.69, 9.17) is 10.5 Å². The normalized spacial score (nSPS) is 11.0. The molecule has 7 heteroatoms. The van der Waals surface area contributed by atoms with Crippen molar-refractivity contribution in [1.29, 1.82) is 0 Å². The number of unbranched alkanes of at least 4 members (excludes halogenated alkanes) is 4. The molecule has 6 nitrogen and oxygen atoms in total. The van der Waals surface area contributed by atoms with E-state index in [2.05, 4.69) is 22.4 Å². The second kappa shape index (κ2) is 11.3. The highest BCUT2D eigenvalue weighted by molar-refractivity contribution is 7.17. The molecule has 0 atom stereocenters. The number of anilines is 1. The van der Waals surface area contributed by atoms with Crippen LogP contribution in [0.5, 0.6) is 5.75 Å². The summed E-state index contributed by atoms with van der Waals surface area (Å²) < 4.78 is 5.87. The minimum absolute atomic E-state index is 0.299. The molecule has 0 bridgehead atoms. The van der Waals surface area contributed by atoms with Gasteiger partial charge in [0.25, 0.3) is 5.91 Å². The first kappa shape index (κ1) is 20.9. The van der Waals surface area contributed by atoms with Gasteiger partial charge in [-0.1, -0.05) is 63.0 Å². The molecule has 1 amide bonds. The summed E-state index contributed by atoms with van der Waals surface area (Å²) in [6.07, 6.45) is 8.22. The Morgan fingerprint density at radius 3 is 2.81 bits per heavy atom. The summed E-state index contributed by atoms with van der Waals surface area (Å²) in [7, 11) is 0. The molecular formula is C20H28N4O2S. The monoisotopic (exact) mass is 388 g/mol. The molecule has 0 aliphatic carbocycles. The molecule has 0 saturated carbocycles. The minimum atomic E-state index is -0.299. The number of benzene rings is 1. The topological polar surface area (TPSA) is 89.6 Å². The number of hydrogen-bond acceptors (Lipinski definition) is 6. The van der Waals surface area contributed by atoms with E-state index in [1.54, 1.807) is 6.21 Å². The number of nitrogens with one attached hydrogen (secondary N) is 1. The molecule has 0 unspecified atom stereocenters. The summed E-state index contributed by atoms with van der Waals surface area (Å²) in [5.41, 5.74) is 9.75. The molecule has 0 aliphatic heterocycles. The van der Waals surface area contributed by atoms with Crippen molar-refractivity contribution < 1.29 is 9.53 Å². The Bertz CT molecular complexity index is 758. The van der Waals surface area contributed by atoms with Gasteiger partial charge in [-0.25, -0.2) is 10.4 Å². The highest BCUT2D eigenvalue weighted by atomic mass is 32.1. The number of aromatic nitrogens is 1. The molecule has 0 fully saturated rings. The van der Waals surface area contributed by atoms with Crippen LogP contribution in [0.1, 0.15) is 66.9 Å². The zero-order valence-corrected chi connectivity index (χ0v) is 16.8. The fourth-order valence-electron chi connectivity index (χ4n) is 2.60. The highest BCUT2D eigenvalue weighted by Gasteiger charge is 2.15. The maximum absolute atomic E-state index is 12.3. The molecule has 27 heavy (non-hydrogen) atoms. The van der Waals surface area contributed by atoms with Crippen molar-refractivity contribution in [2.75, 3.05) is 12.3 Å². The Kier molecular flexibility index (Phi) is 8.77. The van der Waals surface area contributed by atoms with Crippen LogP contribution in [0, 0.1) is 0 Å². The Balaban J connectivity index is 1.90. The number of thiazole rings is 1. The van der Waals surface area contributed by atoms with Crippen LogP contribution in [-0.4, -0.2) is 23.7 Å². The largest absolute Gasteiger partial charge is 0.493 e. The molecule has 0 radical (unpaired) electrons. The van der Waals surface area contributed by atoms with Gasteiger partial charge in [0.2, 0.25) is 0 Å². The molecule has 1 aromatic carbocycles. The maximum atomic E-state index is 12.3. The minimum Gasteiger partial charge on any atom is -0.493 e. The van der Waals surface area contributed by atoms with E-state index in [1.807, 2.05) is 31.2 Å². The first-order chi connectivity index (χ1) is 13.2. The Morgan fingerprint density at radius 2 is 2.04 bits per heavy atom. The average Bonchev–Trinajstić information content (AvgIpc) is 3.06. The van der Waals surface area contributed by atoms with Crippen LogP contribution in [0.15, 0.2) is 29.4 Å². The van der Waals surface area contributed by atoms with Crippen LogP contribution in [0.4, 0.5) is 5.13 Å². The molecule has 146 valence electrons. The predicted octanol–water partition coefficient (Wildman–Crippen LogP) is 4.40. The number of hydrogen-bond donors (Lipinski definition) is 2. The van der Waals surface area contributed by atoms with E-state index >= 15 is 0 Å². The second-order valence-corrected chi connectivity index (χ2v) is 7.21. The number of nitrogens with two attached hydrogens (primary N) is 1. The number of amides is 1. The third-order valence-electron chi connectivity index (χ3n) is 4.05. The fourth-order valence-corrected chi connectivity index (χ4v) is 3.42. The number of carbonyl (C=O) groups is 1. The first-order valence-electron chi connectivity index (χ1n) is 9.46. The predicted molar refractivity (Wildman–Crippen MR) is 112 cm³/mol. The third kappa shape index (κ3) is 6.67. The van der Waals surface area contributed by atoms with Gasteiger partial charge in [-0.15, -0.1) is 0 Å². The summed E-state index contributed by atoms with van der Waals surface area (Å²) in [5, 5.41) is 4.45. The summed E-state index contributed by atoms with van der Waals surface area (Å²) in [5.74, 6) is 0.467. The number of nitrogens with zero attached hydrogens (tertiary/aromatic N) is 2. The van der Waals surface area contributed by atoms with Gasteiger partial charge in [-0.05, 0) is 25.0 Å². The van der Waals surface area contributed by atoms with Crippen molar-refractivity contribution >= 4 is 28.6 Å². The SMILES string of the molecule is CCCCCCCOc1ccccc1/C=N\NC(=O)c1sc(N)nc1CC. The summed E-state index contributed by atoms with van der Waals surface area (Å²) in [6, 6.07) is 7.66. The van der Waals surface area contributed by atoms with E-state index in [-0.39, 0.29) is 5.91 Å². The maximum Gasteiger partial charge on any atom is 0.283 e. The fraction of sp³-hybridized carbons (Fsp3) is 0.450. The molecule has 3 N–H and O–H groups in total. The van der Waals surface area contributed by atoms with Gasteiger partial charge < -0.3 is 10.5 Å². The Hall–Kier alpha value is -2.41. The molecule has 1 heterocycles. The van der Waals surface area contributed by atoms with Crippen molar-refractivity contribution in [3.05, 3.63) is 40.4 Å². The lowest BCUT2D eigenvalue weighted by atomic mass is 10.2. The molecule has 2 aromatic rings.